The number of aromatic nitrogens is 2. The molecule has 176 valence electrons. The molecule has 33 heavy (non-hydrogen) atoms. The zero-order valence-corrected chi connectivity index (χ0v) is 19.2. The highest BCUT2D eigenvalue weighted by Crippen LogP contribution is 2.44. The first-order valence-corrected chi connectivity index (χ1v) is 10.6. The van der Waals surface area contributed by atoms with Crippen LogP contribution in [0.5, 0.6) is 11.5 Å². The molecule has 0 aliphatic carbocycles. The van der Waals surface area contributed by atoms with E-state index >= 15 is 0 Å². The standard InChI is InChI=1S/C23H26N2O8/c1-6-30-19-13-11-15(23(28)33-9-4)24-17(13)16-12(21(26)31-7-2)10-14(22(27)32-8-3)25-18(16)20(19)29-5/h10-11,25H,6-9H2,1-5H3. The van der Waals surface area contributed by atoms with E-state index in [-0.39, 0.29) is 48.0 Å². The van der Waals surface area contributed by atoms with Gasteiger partial charge < -0.3 is 28.7 Å². The number of hydrogen-bond acceptors (Lipinski definition) is 9. The van der Waals surface area contributed by atoms with Crippen LogP contribution in [0.25, 0.3) is 21.8 Å². The van der Waals surface area contributed by atoms with Crippen molar-refractivity contribution in [3.05, 3.63) is 29.1 Å². The molecule has 10 nitrogen and oxygen atoms in total. The molecule has 0 amide bonds. The molecule has 0 fully saturated rings. The third-order valence-corrected chi connectivity index (χ3v) is 4.72. The Bertz CT molecular complexity index is 1210. The molecule has 0 atom stereocenters. The lowest BCUT2D eigenvalue weighted by molar-refractivity contribution is 0.0508. The van der Waals surface area contributed by atoms with Gasteiger partial charge in [-0.1, -0.05) is 0 Å². The first kappa shape index (κ1) is 23.8. The number of rotatable bonds is 9. The second kappa shape index (κ2) is 10.2. The summed E-state index contributed by atoms with van der Waals surface area (Å²) in [4.78, 5) is 45.2. The molecule has 1 N–H and O–H groups in total. The third kappa shape index (κ3) is 4.41. The van der Waals surface area contributed by atoms with Crippen molar-refractivity contribution in [3.63, 3.8) is 0 Å². The lowest BCUT2D eigenvalue weighted by atomic mass is 10.0. The van der Waals surface area contributed by atoms with Crippen LogP contribution in [0.2, 0.25) is 0 Å². The number of ether oxygens (including phenoxy) is 5. The molecule has 0 aliphatic heterocycles. The second-order valence-electron chi connectivity index (χ2n) is 6.71. The third-order valence-electron chi connectivity index (χ3n) is 4.72. The highest BCUT2D eigenvalue weighted by atomic mass is 16.5. The maximum atomic E-state index is 12.9. The molecule has 0 saturated carbocycles. The zero-order valence-electron chi connectivity index (χ0n) is 19.2. The minimum atomic E-state index is -0.671. The Morgan fingerprint density at radius 2 is 1.48 bits per heavy atom. The second-order valence-corrected chi connectivity index (χ2v) is 6.71. The van der Waals surface area contributed by atoms with Crippen LogP contribution in [0.1, 0.15) is 59.0 Å². The fourth-order valence-corrected chi connectivity index (χ4v) is 3.50. The van der Waals surface area contributed by atoms with Crippen molar-refractivity contribution in [2.75, 3.05) is 33.5 Å². The number of carbonyl (C=O) groups is 3. The van der Waals surface area contributed by atoms with E-state index in [0.717, 1.165) is 0 Å². The van der Waals surface area contributed by atoms with Crippen molar-refractivity contribution in [1.82, 2.24) is 9.97 Å². The molecule has 1 aromatic carbocycles. The number of carbonyl (C=O) groups excluding carboxylic acids is 3. The number of esters is 3. The number of aromatic amines is 1. The molecule has 3 rings (SSSR count). The number of hydrogen-bond donors (Lipinski definition) is 1. The molecule has 0 saturated heterocycles. The van der Waals surface area contributed by atoms with Gasteiger partial charge in [0, 0.05) is 10.8 Å². The largest absolute Gasteiger partial charge is 0.491 e. The molecule has 0 aliphatic rings. The topological polar surface area (TPSA) is 126 Å². The normalized spacial score (nSPS) is 10.8. The maximum Gasteiger partial charge on any atom is 0.356 e. The first-order chi connectivity index (χ1) is 15.9. The van der Waals surface area contributed by atoms with Crippen molar-refractivity contribution in [2.45, 2.75) is 27.7 Å². The zero-order chi connectivity index (χ0) is 24.1. The van der Waals surface area contributed by atoms with Gasteiger partial charge in [0.2, 0.25) is 0 Å². The van der Waals surface area contributed by atoms with E-state index in [4.69, 9.17) is 23.7 Å². The Balaban J connectivity index is 2.49. The van der Waals surface area contributed by atoms with E-state index in [0.29, 0.717) is 28.6 Å². The predicted molar refractivity (Wildman–Crippen MR) is 119 cm³/mol. The number of fused-ring (bicyclic) bond motifs is 3. The smallest absolute Gasteiger partial charge is 0.356 e. The average molecular weight is 458 g/mol. The Kier molecular flexibility index (Phi) is 7.37. The number of methoxy groups -OCH3 is 1. The van der Waals surface area contributed by atoms with Gasteiger partial charge in [-0.2, -0.15) is 0 Å². The summed E-state index contributed by atoms with van der Waals surface area (Å²) in [5.74, 6) is -1.41. The molecular weight excluding hydrogens is 432 g/mol. The molecule has 0 radical (unpaired) electrons. The average Bonchev–Trinajstić information content (AvgIpc) is 3.24. The van der Waals surface area contributed by atoms with E-state index in [2.05, 4.69) is 9.97 Å². The fourth-order valence-electron chi connectivity index (χ4n) is 3.50. The van der Waals surface area contributed by atoms with Gasteiger partial charge in [-0.25, -0.2) is 19.4 Å². The number of H-pyrrole nitrogens is 1. The van der Waals surface area contributed by atoms with Crippen LogP contribution >= 0.6 is 0 Å². The summed E-state index contributed by atoms with van der Waals surface area (Å²) >= 11 is 0. The molecule has 2 aromatic heterocycles. The van der Waals surface area contributed by atoms with E-state index < -0.39 is 17.9 Å². The van der Waals surface area contributed by atoms with E-state index in [1.807, 2.05) is 0 Å². The highest BCUT2D eigenvalue weighted by Gasteiger charge is 2.28. The van der Waals surface area contributed by atoms with Crippen LogP contribution in [-0.4, -0.2) is 61.4 Å². The molecule has 3 aromatic rings. The number of nitrogens with one attached hydrogen (secondary N) is 1. The van der Waals surface area contributed by atoms with Gasteiger partial charge >= 0.3 is 17.9 Å². The van der Waals surface area contributed by atoms with Crippen LogP contribution in [-0.2, 0) is 14.2 Å². The van der Waals surface area contributed by atoms with Gasteiger partial charge in [-0.15, -0.1) is 0 Å². The summed E-state index contributed by atoms with van der Waals surface area (Å²) < 4.78 is 26.9. The van der Waals surface area contributed by atoms with Crippen molar-refractivity contribution < 1.29 is 38.1 Å². The molecule has 0 unspecified atom stereocenters. The summed E-state index contributed by atoms with van der Waals surface area (Å²) in [6, 6.07) is 2.87. The van der Waals surface area contributed by atoms with Crippen molar-refractivity contribution >= 4 is 39.7 Å². The first-order valence-electron chi connectivity index (χ1n) is 10.6. The Morgan fingerprint density at radius 3 is 2.09 bits per heavy atom. The van der Waals surface area contributed by atoms with Crippen LogP contribution < -0.4 is 9.47 Å². The lowest BCUT2D eigenvalue weighted by Gasteiger charge is -2.17. The van der Waals surface area contributed by atoms with Gasteiger partial charge in [0.05, 0.1) is 50.1 Å². The van der Waals surface area contributed by atoms with Crippen LogP contribution in [0.4, 0.5) is 0 Å². The molecule has 10 heteroatoms. The molecule has 0 bridgehead atoms. The lowest BCUT2D eigenvalue weighted by Crippen LogP contribution is -2.13. The summed E-state index contributed by atoms with van der Waals surface area (Å²) in [5.41, 5.74) is 0.701. The minimum absolute atomic E-state index is 0.0182. The summed E-state index contributed by atoms with van der Waals surface area (Å²) in [6.07, 6.45) is 0. The SMILES string of the molecule is CCOC(=O)c1cc2c(OCC)c(OC)c3[nH]c(C(=O)OCC)cc(C(=O)OCC)c3c2n1. The summed E-state index contributed by atoms with van der Waals surface area (Å²) in [5, 5.41) is 0.763. The summed E-state index contributed by atoms with van der Waals surface area (Å²) in [7, 11) is 1.43. The Labute approximate surface area is 190 Å². The highest BCUT2D eigenvalue weighted by molar-refractivity contribution is 6.20. The molecule has 2 heterocycles. The van der Waals surface area contributed by atoms with Gasteiger partial charge in [0.15, 0.2) is 11.5 Å². The number of benzene rings is 1. The fraction of sp³-hybridized carbons (Fsp3) is 0.391. The van der Waals surface area contributed by atoms with Crippen LogP contribution in [0.15, 0.2) is 12.1 Å². The minimum Gasteiger partial charge on any atom is -0.491 e. The van der Waals surface area contributed by atoms with E-state index in [9.17, 15) is 14.4 Å². The molecular formula is C23H26N2O8. The van der Waals surface area contributed by atoms with Gasteiger partial charge in [0.1, 0.15) is 11.4 Å². The van der Waals surface area contributed by atoms with Crippen molar-refractivity contribution in [2.24, 2.45) is 0 Å². The van der Waals surface area contributed by atoms with Gasteiger partial charge in [0.25, 0.3) is 0 Å². The quantitative estimate of drug-likeness (QED) is 0.378. The Morgan fingerprint density at radius 1 is 0.848 bits per heavy atom. The number of pyridine rings is 1. The van der Waals surface area contributed by atoms with Crippen molar-refractivity contribution in [1.29, 1.82) is 0 Å². The monoisotopic (exact) mass is 458 g/mol. The van der Waals surface area contributed by atoms with Gasteiger partial charge in [-0.05, 0) is 39.8 Å². The van der Waals surface area contributed by atoms with Crippen molar-refractivity contribution in [3.8, 4) is 11.5 Å². The number of nitrogens with zero attached hydrogens (tertiary/aromatic N) is 1. The molecule has 0 spiro atoms. The maximum absolute atomic E-state index is 12.9. The predicted octanol–water partition coefficient (Wildman–Crippen LogP) is 3.65. The van der Waals surface area contributed by atoms with E-state index in [1.54, 1.807) is 27.7 Å². The van der Waals surface area contributed by atoms with E-state index in [1.165, 1.54) is 19.2 Å². The summed E-state index contributed by atoms with van der Waals surface area (Å²) in [6.45, 7) is 7.56. The van der Waals surface area contributed by atoms with Crippen LogP contribution in [0, 0.1) is 0 Å². The van der Waals surface area contributed by atoms with Crippen LogP contribution in [0.3, 0.4) is 0 Å². The van der Waals surface area contributed by atoms with Gasteiger partial charge in [-0.3, -0.25) is 0 Å². The Hall–Kier alpha value is -3.82.